The van der Waals surface area contributed by atoms with Gasteiger partial charge in [-0.05, 0) is 43.9 Å². The Morgan fingerprint density at radius 1 is 1.28 bits per heavy atom. The summed E-state index contributed by atoms with van der Waals surface area (Å²) in [7, 11) is 0. The van der Waals surface area contributed by atoms with Crippen LogP contribution in [0, 0.1) is 39.8 Å². The molecule has 0 aromatic rings. The number of hydrazine groups is 1. The van der Waals surface area contributed by atoms with Gasteiger partial charge in [-0.25, -0.2) is 10.1 Å². The second kappa shape index (κ2) is 12.9. The summed E-state index contributed by atoms with van der Waals surface area (Å²) in [4.78, 5) is 35.6. The molecule has 0 aromatic carbocycles. The molecule has 0 aliphatic heterocycles. The van der Waals surface area contributed by atoms with Crippen LogP contribution in [0.3, 0.4) is 0 Å². The van der Waals surface area contributed by atoms with Gasteiger partial charge >= 0.3 is 0 Å². The van der Waals surface area contributed by atoms with Crippen molar-refractivity contribution in [3.05, 3.63) is 16.7 Å². The third-order valence-electron chi connectivity index (χ3n) is 5.09. The molecule has 1 aliphatic rings. The van der Waals surface area contributed by atoms with Gasteiger partial charge in [-0.1, -0.05) is 39.0 Å². The molecular weight excluding hydrogens is 376 g/mol. The predicted molar refractivity (Wildman–Crippen MR) is 110 cm³/mol. The van der Waals surface area contributed by atoms with Crippen LogP contribution in [0.4, 0.5) is 0 Å². The topological polar surface area (TPSA) is 149 Å². The minimum absolute atomic E-state index is 0.0747. The maximum atomic E-state index is 12.7. The summed E-state index contributed by atoms with van der Waals surface area (Å²) in [6.45, 7) is 8.16. The van der Waals surface area contributed by atoms with Gasteiger partial charge in [0.15, 0.2) is 5.03 Å². The Labute approximate surface area is 172 Å². The smallest absolute Gasteiger partial charge is 0.251 e. The lowest BCUT2D eigenvalue weighted by atomic mass is 9.80. The van der Waals surface area contributed by atoms with E-state index in [2.05, 4.69) is 22.9 Å². The molecule has 1 aliphatic carbocycles. The van der Waals surface area contributed by atoms with Gasteiger partial charge in [0.25, 0.3) is 5.96 Å². The van der Waals surface area contributed by atoms with Crippen molar-refractivity contribution in [2.45, 2.75) is 71.8 Å². The molecular formula is C19H35N6O4. The van der Waals surface area contributed by atoms with E-state index in [0.29, 0.717) is 24.7 Å². The van der Waals surface area contributed by atoms with E-state index in [4.69, 9.17) is 5.41 Å². The maximum Gasteiger partial charge on any atom is 0.251 e. The van der Waals surface area contributed by atoms with Gasteiger partial charge in [0, 0.05) is 19.0 Å². The molecule has 10 heteroatoms. The molecule has 2 amide bonds. The lowest BCUT2D eigenvalue weighted by Gasteiger charge is -2.29. The van der Waals surface area contributed by atoms with Gasteiger partial charge in [0.05, 0.1) is 0 Å². The van der Waals surface area contributed by atoms with Crippen molar-refractivity contribution in [3.63, 3.8) is 0 Å². The predicted octanol–water partition coefficient (Wildman–Crippen LogP) is 1.71. The lowest BCUT2D eigenvalue weighted by Crippen LogP contribution is -2.49. The van der Waals surface area contributed by atoms with E-state index in [1.54, 1.807) is 12.0 Å². The molecule has 1 fully saturated rings. The Balaban J connectivity index is 2.57. The number of nitrogens with one attached hydrogen (secondary N) is 5. The summed E-state index contributed by atoms with van der Waals surface area (Å²) in [6, 6.07) is -0.681. The fourth-order valence-corrected chi connectivity index (χ4v) is 3.40. The van der Waals surface area contributed by atoms with Gasteiger partial charge in [-0.2, -0.15) is 0 Å². The van der Waals surface area contributed by atoms with Crippen LogP contribution in [0.5, 0.6) is 0 Å². The highest BCUT2D eigenvalue weighted by Crippen LogP contribution is 2.29. The fraction of sp³-hybridized carbons (Fsp3) is 0.789. The summed E-state index contributed by atoms with van der Waals surface area (Å²) in [5, 5.41) is 25.1. The van der Waals surface area contributed by atoms with Crippen molar-refractivity contribution < 1.29 is 14.6 Å². The highest BCUT2D eigenvalue weighted by atomic mass is 16.7. The number of nitro groups is 1. The molecule has 0 spiro atoms. The third-order valence-corrected chi connectivity index (χ3v) is 5.09. The van der Waals surface area contributed by atoms with Crippen molar-refractivity contribution in [1.29, 1.82) is 5.41 Å². The first-order valence-electron chi connectivity index (χ1n) is 10.4. The second-order valence-electron chi connectivity index (χ2n) is 8.08. The first-order chi connectivity index (χ1) is 13.7. The van der Waals surface area contributed by atoms with Gasteiger partial charge in [-0.3, -0.25) is 15.0 Å². The molecule has 165 valence electrons. The van der Waals surface area contributed by atoms with Crippen molar-refractivity contribution >= 4 is 17.8 Å². The van der Waals surface area contributed by atoms with Crippen molar-refractivity contribution in [1.82, 2.24) is 21.4 Å². The standard InChI is InChI=1S/C19H35N6O4/c1-13(2)10-12-21-18(27)16(9-6-11-22-19(20)24-25(28)29)23-17(26)15-8-5-4-7-14(15)3/h12-16H,4-11H2,1-3H3,(H,21,27)(H,23,26)(H3,20,22,24)/t14?,15-,16+/m1/s1. The number of hydrogen-bond donors (Lipinski definition) is 5. The van der Waals surface area contributed by atoms with Gasteiger partial charge in [0.2, 0.25) is 11.8 Å². The van der Waals surface area contributed by atoms with E-state index < -0.39 is 17.0 Å². The van der Waals surface area contributed by atoms with Crippen LogP contribution in [-0.4, -0.2) is 35.4 Å². The summed E-state index contributed by atoms with van der Waals surface area (Å²) >= 11 is 0. The zero-order valence-corrected chi connectivity index (χ0v) is 17.6. The Bertz CT molecular complexity index is 569. The molecule has 0 bridgehead atoms. The number of carbonyl (C=O) groups excluding carboxylic acids is 2. The third kappa shape index (κ3) is 10.1. The highest BCUT2D eigenvalue weighted by Gasteiger charge is 2.30. The number of nitrogens with zero attached hydrogens (tertiary/aromatic N) is 1. The van der Waals surface area contributed by atoms with Crippen molar-refractivity contribution in [3.8, 4) is 0 Å². The van der Waals surface area contributed by atoms with E-state index >= 15 is 0 Å². The molecule has 0 saturated heterocycles. The molecule has 0 aromatic heterocycles. The van der Waals surface area contributed by atoms with Crippen LogP contribution < -0.4 is 21.4 Å². The molecule has 5 N–H and O–H groups in total. The second-order valence-corrected chi connectivity index (χ2v) is 8.08. The molecule has 29 heavy (non-hydrogen) atoms. The normalized spacial score (nSPS) is 19.9. The molecule has 0 heterocycles. The fourth-order valence-electron chi connectivity index (χ4n) is 3.40. The molecule has 1 radical (unpaired) electrons. The SMILES string of the molecule is CC(C)C[CH]NC(=O)[C@H](CCCNC(=N)N[N+](=O)[O-])NC(=O)[C@@H]1CCCCC1C. The van der Waals surface area contributed by atoms with E-state index in [9.17, 15) is 19.7 Å². The number of guanidine groups is 1. The summed E-state index contributed by atoms with van der Waals surface area (Å²) in [5.74, 6) is -0.125. The molecule has 10 nitrogen and oxygen atoms in total. The van der Waals surface area contributed by atoms with Crippen LogP contribution in [0.15, 0.2) is 0 Å². The zero-order valence-electron chi connectivity index (χ0n) is 17.6. The summed E-state index contributed by atoms with van der Waals surface area (Å²) in [5.41, 5.74) is 1.71. The van der Waals surface area contributed by atoms with Crippen LogP contribution in [0.2, 0.25) is 0 Å². The number of amides is 2. The first kappa shape index (κ1) is 24.6. The molecule has 3 atom stereocenters. The first-order valence-corrected chi connectivity index (χ1v) is 10.4. The Kier molecular flexibility index (Phi) is 11.0. The summed E-state index contributed by atoms with van der Waals surface area (Å²) < 4.78 is 0. The monoisotopic (exact) mass is 411 g/mol. The van der Waals surface area contributed by atoms with Crippen molar-refractivity contribution in [2.75, 3.05) is 6.54 Å². The largest absolute Gasteiger partial charge is 0.352 e. The van der Waals surface area contributed by atoms with Gasteiger partial charge < -0.3 is 16.0 Å². The van der Waals surface area contributed by atoms with Gasteiger partial charge in [-0.15, -0.1) is 0 Å². The molecule has 1 unspecified atom stereocenters. The summed E-state index contributed by atoms with van der Waals surface area (Å²) in [6.07, 6.45) is 5.58. The van der Waals surface area contributed by atoms with Crippen LogP contribution in [0.25, 0.3) is 0 Å². The van der Waals surface area contributed by atoms with Gasteiger partial charge in [0.1, 0.15) is 6.04 Å². The number of carbonyl (C=O) groups is 2. The minimum atomic E-state index is -0.818. The molecule has 1 saturated carbocycles. The van der Waals surface area contributed by atoms with Crippen LogP contribution >= 0.6 is 0 Å². The number of rotatable bonds is 11. The van der Waals surface area contributed by atoms with E-state index in [1.165, 1.54) is 0 Å². The Hall–Kier alpha value is -2.39. The van der Waals surface area contributed by atoms with Crippen LogP contribution in [-0.2, 0) is 9.59 Å². The van der Waals surface area contributed by atoms with Crippen molar-refractivity contribution in [2.24, 2.45) is 17.8 Å². The lowest BCUT2D eigenvalue weighted by molar-refractivity contribution is -0.525. The van der Waals surface area contributed by atoms with E-state index in [0.717, 1.165) is 32.1 Å². The Morgan fingerprint density at radius 2 is 1.97 bits per heavy atom. The maximum absolute atomic E-state index is 12.7. The van der Waals surface area contributed by atoms with E-state index in [1.807, 2.05) is 13.8 Å². The number of hydrogen-bond acceptors (Lipinski definition) is 5. The van der Waals surface area contributed by atoms with E-state index in [-0.39, 0.29) is 24.3 Å². The van der Waals surface area contributed by atoms with Crippen LogP contribution in [0.1, 0.15) is 65.7 Å². The average molecular weight is 412 g/mol. The quantitative estimate of drug-likeness (QED) is 0.115. The zero-order chi connectivity index (χ0) is 21.8. The Morgan fingerprint density at radius 3 is 2.59 bits per heavy atom. The highest BCUT2D eigenvalue weighted by molar-refractivity contribution is 5.88. The average Bonchev–Trinajstić information content (AvgIpc) is 2.63. The molecule has 1 rings (SSSR count). The minimum Gasteiger partial charge on any atom is -0.352 e.